The number of amides is 1. The van der Waals surface area contributed by atoms with Crippen molar-refractivity contribution in [2.75, 3.05) is 0 Å². The molecule has 7 nitrogen and oxygen atoms in total. The number of primary amides is 1. The van der Waals surface area contributed by atoms with E-state index >= 15 is 0 Å². The molecular formula is C17H14N6O. The standard InChI is InChI=1S/C17H14N6O/c18-15(24)13-5-2-1-4-12(13)8-17(6-3-7-22-17)23-11-21-14-9-19-10-20-16(14)23/h1-7,9-11H,8H2,(H2,18,24). The minimum Gasteiger partial charge on any atom is -0.366 e. The molecule has 1 aliphatic rings. The quantitative estimate of drug-likeness (QED) is 0.787. The first-order valence-corrected chi connectivity index (χ1v) is 7.44. The lowest BCUT2D eigenvalue weighted by atomic mass is 9.95. The number of hydrogen-bond donors (Lipinski definition) is 1. The van der Waals surface area contributed by atoms with E-state index in [4.69, 9.17) is 5.73 Å². The predicted octanol–water partition coefficient (Wildman–Crippen LogP) is 1.46. The molecule has 1 atom stereocenters. The van der Waals surface area contributed by atoms with Gasteiger partial charge in [0.2, 0.25) is 5.91 Å². The van der Waals surface area contributed by atoms with E-state index in [0.717, 1.165) is 5.56 Å². The maximum absolute atomic E-state index is 11.7. The highest BCUT2D eigenvalue weighted by atomic mass is 16.1. The maximum Gasteiger partial charge on any atom is 0.248 e. The fourth-order valence-electron chi connectivity index (χ4n) is 2.99. The lowest BCUT2D eigenvalue weighted by Crippen LogP contribution is -2.31. The van der Waals surface area contributed by atoms with E-state index < -0.39 is 11.6 Å². The Morgan fingerprint density at radius 3 is 2.92 bits per heavy atom. The first-order chi connectivity index (χ1) is 11.7. The lowest BCUT2D eigenvalue weighted by Gasteiger charge is -2.27. The first kappa shape index (κ1) is 14.3. The van der Waals surface area contributed by atoms with Crippen LogP contribution in [0.5, 0.6) is 0 Å². The van der Waals surface area contributed by atoms with E-state index in [2.05, 4.69) is 19.9 Å². The molecule has 0 bridgehead atoms. The van der Waals surface area contributed by atoms with Crippen molar-refractivity contribution in [3.05, 3.63) is 66.4 Å². The van der Waals surface area contributed by atoms with Gasteiger partial charge in [0.25, 0.3) is 0 Å². The van der Waals surface area contributed by atoms with Crippen LogP contribution in [0.4, 0.5) is 0 Å². The van der Waals surface area contributed by atoms with Crippen molar-refractivity contribution >= 4 is 23.3 Å². The highest BCUT2D eigenvalue weighted by Crippen LogP contribution is 2.32. The SMILES string of the molecule is NC(=O)c1ccccc1CC1(n2cnc3cncnc32)C=CC=N1. The van der Waals surface area contributed by atoms with Crippen LogP contribution < -0.4 is 5.73 Å². The number of carbonyl (C=O) groups is 1. The average Bonchev–Trinajstić information content (AvgIpc) is 3.22. The Labute approximate surface area is 137 Å². The van der Waals surface area contributed by atoms with Crippen molar-refractivity contribution in [2.24, 2.45) is 10.7 Å². The molecule has 1 unspecified atom stereocenters. The zero-order valence-corrected chi connectivity index (χ0v) is 12.7. The minimum absolute atomic E-state index is 0.454. The van der Waals surface area contributed by atoms with Crippen LogP contribution in [-0.4, -0.2) is 31.6 Å². The van der Waals surface area contributed by atoms with Gasteiger partial charge in [0, 0.05) is 18.2 Å². The number of fused-ring (bicyclic) bond motifs is 1. The van der Waals surface area contributed by atoms with Gasteiger partial charge in [0.05, 0.1) is 12.5 Å². The second-order valence-electron chi connectivity index (χ2n) is 5.56. The Morgan fingerprint density at radius 2 is 2.12 bits per heavy atom. The van der Waals surface area contributed by atoms with Crippen molar-refractivity contribution in [1.82, 2.24) is 19.5 Å². The number of aliphatic imine (C=N–C) groups is 1. The summed E-state index contributed by atoms with van der Waals surface area (Å²) >= 11 is 0. The summed E-state index contributed by atoms with van der Waals surface area (Å²) in [6.45, 7) is 0. The fraction of sp³-hybridized carbons (Fsp3) is 0.118. The third kappa shape index (κ3) is 2.18. The summed E-state index contributed by atoms with van der Waals surface area (Å²) in [6, 6.07) is 7.29. The van der Waals surface area contributed by atoms with Gasteiger partial charge in [-0.3, -0.25) is 14.4 Å². The summed E-state index contributed by atoms with van der Waals surface area (Å²) in [6.07, 6.45) is 10.9. The van der Waals surface area contributed by atoms with Gasteiger partial charge >= 0.3 is 0 Å². The van der Waals surface area contributed by atoms with Gasteiger partial charge in [-0.05, 0) is 23.8 Å². The number of aromatic nitrogens is 4. The number of nitrogens with two attached hydrogens (primary N) is 1. The van der Waals surface area contributed by atoms with E-state index in [1.54, 1.807) is 30.9 Å². The Bertz CT molecular complexity index is 975. The normalized spacial score (nSPS) is 19.2. The van der Waals surface area contributed by atoms with Crippen LogP contribution in [-0.2, 0) is 12.1 Å². The van der Waals surface area contributed by atoms with E-state index in [0.29, 0.717) is 23.1 Å². The molecule has 0 radical (unpaired) electrons. The average molecular weight is 318 g/mol. The van der Waals surface area contributed by atoms with Gasteiger partial charge < -0.3 is 5.73 Å². The zero-order valence-electron chi connectivity index (χ0n) is 12.7. The first-order valence-electron chi connectivity index (χ1n) is 7.44. The van der Waals surface area contributed by atoms with Crippen molar-refractivity contribution in [3.8, 4) is 0 Å². The summed E-state index contributed by atoms with van der Waals surface area (Å²) in [5.41, 5.74) is 7.47. The second-order valence-corrected chi connectivity index (χ2v) is 5.56. The topological polar surface area (TPSA) is 99.1 Å². The summed E-state index contributed by atoms with van der Waals surface area (Å²) in [5.74, 6) is -0.454. The van der Waals surface area contributed by atoms with E-state index in [1.807, 2.05) is 28.9 Å². The van der Waals surface area contributed by atoms with E-state index in [9.17, 15) is 4.79 Å². The predicted molar refractivity (Wildman–Crippen MR) is 89.6 cm³/mol. The number of allylic oxidation sites excluding steroid dienone is 1. The van der Waals surface area contributed by atoms with E-state index in [-0.39, 0.29) is 0 Å². The summed E-state index contributed by atoms with van der Waals surface area (Å²) < 4.78 is 1.89. The minimum atomic E-state index is -0.728. The zero-order chi connectivity index (χ0) is 16.6. The van der Waals surface area contributed by atoms with Gasteiger partial charge in [0.15, 0.2) is 11.3 Å². The summed E-state index contributed by atoms with van der Waals surface area (Å²) in [4.78, 5) is 29.0. The molecular weight excluding hydrogens is 304 g/mol. The Balaban J connectivity index is 1.85. The smallest absolute Gasteiger partial charge is 0.248 e. The maximum atomic E-state index is 11.7. The van der Waals surface area contributed by atoms with Crippen LogP contribution in [0.2, 0.25) is 0 Å². The molecule has 0 spiro atoms. The molecule has 2 aromatic heterocycles. The molecule has 1 aromatic carbocycles. The van der Waals surface area contributed by atoms with Gasteiger partial charge in [-0.1, -0.05) is 18.2 Å². The van der Waals surface area contributed by atoms with Crippen LogP contribution in [0, 0.1) is 0 Å². The number of rotatable bonds is 4. The molecule has 1 amide bonds. The molecule has 0 saturated heterocycles. The molecule has 2 N–H and O–H groups in total. The molecule has 1 aliphatic heterocycles. The molecule has 0 fully saturated rings. The Kier molecular flexibility index (Phi) is 3.19. The highest BCUT2D eigenvalue weighted by Gasteiger charge is 2.33. The number of nitrogens with zero attached hydrogens (tertiary/aromatic N) is 5. The largest absolute Gasteiger partial charge is 0.366 e. The van der Waals surface area contributed by atoms with E-state index in [1.165, 1.54) is 6.33 Å². The number of hydrogen-bond acceptors (Lipinski definition) is 5. The third-order valence-electron chi connectivity index (χ3n) is 4.11. The number of imidazole rings is 1. The molecule has 118 valence electrons. The molecule has 24 heavy (non-hydrogen) atoms. The lowest BCUT2D eigenvalue weighted by molar-refractivity contribution is 0.0999. The van der Waals surface area contributed by atoms with Crippen LogP contribution in [0.15, 0.2) is 60.3 Å². The molecule has 3 heterocycles. The molecule has 4 rings (SSSR count). The van der Waals surface area contributed by atoms with Crippen molar-refractivity contribution in [2.45, 2.75) is 12.1 Å². The molecule has 0 aliphatic carbocycles. The van der Waals surface area contributed by atoms with Gasteiger partial charge in [-0.2, -0.15) is 0 Å². The molecule has 3 aromatic rings. The Morgan fingerprint density at radius 1 is 1.25 bits per heavy atom. The van der Waals surface area contributed by atoms with Crippen molar-refractivity contribution < 1.29 is 4.79 Å². The summed E-state index contributed by atoms with van der Waals surface area (Å²) in [5, 5.41) is 0. The summed E-state index contributed by atoms with van der Waals surface area (Å²) in [7, 11) is 0. The van der Waals surface area contributed by atoms with Gasteiger partial charge in [-0.15, -0.1) is 0 Å². The molecule has 0 saturated carbocycles. The van der Waals surface area contributed by atoms with Crippen molar-refractivity contribution in [1.29, 1.82) is 0 Å². The number of carbonyl (C=O) groups excluding carboxylic acids is 1. The monoisotopic (exact) mass is 318 g/mol. The van der Waals surface area contributed by atoms with Crippen molar-refractivity contribution in [3.63, 3.8) is 0 Å². The highest BCUT2D eigenvalue weighted by molar-refractivity contribution is 5.94. The van der Waals surface area contributed by atoms with Crippen LogP contribution in [0.3, 0.4) is 0 Å². The Hall–Kier alpha value is -3.35. The van der Waals surface area contributed by atoms with Crippen LogP contribution in [0.1, 0.15) is 15.9 Å². The van der Waals surface area contributed by atoms with Gasteiger partial charge in [0.1, 0.15) is 11.8 Å². The van der Waals surface area contributed by atoms with Crippen LogP contribution >= 0.6 is 0 Å². The third-order valence-corrected chi connectivity index (χ3v) is 4.11. The second kappa shape index (κ2) is 5.38. The number of benzene rings is 1. The molecule has 7 heteroatoms. The van der Waals surface area contributed by atoms with Crippen LogP contribution in [0.25, 0.3) is 11.2 Å². The van der Waals surface area contributed by atoms with Gasteiger partial charge in [-0.25, -0.2) is 15.0 Å². The fourth-order valence-corrected chi connectivity index (χ4v) is 2.99.